The maximum atomic E-state index is 12.4. The van der Waals surface area contributed by atoms with E-state index in [-0.39, 0.29) is 24.2 Å². The topological polar surface area (TPSA) is 95.0 Å². The molecule has 0 spiro atoms. The van der Waals surface area contributed by atoms with Gasteiger partial charge in [-0.2, -0.15) is 0 Å². The molecule has 1 aliphatic carbocycles. The van der Waals surface area contributed by atoms with Gasteiger partial charge in [0.1, 0.15) is 23.3 Å². The molecule has 0 unspecified atom stereocenters. The molecule has 1 amide bonds. The van der Waals surface area contributed by atoms with Crippen molar-refractivity contribution in [3.8, 4) is 5.75 Å². The maximum Gasteiger partial charge on any atom is 0.410 e. The molecule has 2 atom stereocenters. The number of nitrogens with two attached hydrogens (primary N) is 1. The average Bonchev–Trinajstić information content (AvgIpc) is 3.23. The number of rotatable bonds is 3. The second kappa shape index (κ2) is 8.91. The van der Waals surface area contributed by atoms with Crippen molar-refractivity contribution in [2.45, 2.75) is 70.1 Å². The van der Waals surface area contributed by atoms with E-state index in [0.717, 1.165) is 42.9 Å². The van der Waals surface area contributed by atoms with Crippen molar-refractivity contribution >= 4 is 11.7 Å². The van der Waals surface area contributed by atoms with Crippen molar-refractivity contribution in [2.24, 2.45) is 5.73 Å². The van der Waals surface area contributed by atoms with Crippen molar-refractivity contribution in [1.82, 2.24) is 19.5 Å². The molecule has 180 valence electrons. The van der Waals surface area contributed by atoms with E-state index in [1.165, 1.54) is 11.1 Å². The number of ether oxygens (including phenoxy) is 2. The fourth-order valence-corrected chi connectivity index (χ4v) is 4.95. The molecule has 8 heteroatoms. The predicted molar refractivity (Wildman–Crippen MR) is 129 cm³/mol. The van der Waals surface area contributed by atoms with E-state index in [0.29, 0.717) is 13.1 Å². The molecule has 0 radical (unpaired) electrons. The van der Waals surface area contributed by atoms with Crippen molar-refractivity contribution in [3.63, 3.8) is 0 Å². The molecular formula is C26H33N5O3. The molecule has 3 aromatic rings. The fraction of sp³-hybridized carbons (Fsp3) is 0.500. The Kier molecular flexibility index (Phi) is 5.93. The largest absolute Gasteiger partial charge is 0.484 e. The molecule has 2 aromatic heterocycles. The number of hydrogen-bond donors (Lipinski definition) is 1. The summed E-state index contributed by atoms with van der Waals surface area (Å²) in [5, 5.41) is 8.85. The summed E-state index contributed by atoms with van der Waals surface area (Å²) >= 11 is 0. The number of aromatic nitrogens is 3. The molecule has 34 heavy (non-hydrogen) atoms. The first-order valence-corrected chi connectivity index (χ1v) is 12.1. The van der Waals surface area contributed by atoms with Gasteiger partial charge in [-0.1, -0.05) is 24.3 Å². The first-order valence-electron chi connectivity index (χ1n) is 12.1. The van der Waals surface area contributed by atoms with Gasteiger partial charge in [0.05, 0.1) is 6.20 Å². The molecule has 1 aliphatic heterocycles. The van der Waals surface area contributed by atoms with Crippen molar-refractivity contribution in [1.29, 1.82) is 0 Å². The molecule has 1 fully saturated rings. The Morgan fingerprint density at radius 1 is 1.00 bits per heavy atom. The van der Waals surface area contributed by atoms with Gasteiger partial charge in [0, 0.05) is 25.0 Å². The predicted octanol–water partition coefficient (Wildman–Crippen LogP) is 4.76. The number of nitrogens with zero attached hydrogens (tertiary/aromatic N) is 4. The average molecular weight is 464 g/mol. The van der Waals surface area contributed by atoms with Crippen LogP contribution in [-0.2, 0) is 4.74 Å². The molecular weight excluding hydrogens is 430 g/mol. The van der Waals surface area contributed by atoms with E-state index in [9.17, 15) is 4.79 Å². The summed E-state index contributed by atoms with van der Waals surface area (Å²) in [6.07, 6.45) is 5.14. The Bertz CT molecular complexity index is 1180. The standard InChI is InChI=1S/C26H33N5O3/c1-26(2,3)34-25(32)30-14-12-17(13-15-30)24-29-28-23-11-8-18(16-31(23)24)33-22-10-9-21(27)19-6-4-5-7-20(19)22/h4-8,11,16-17,21-22H,9-10,12-15,27H2,1-3H3/t21-,22+/m0/s1. The summed E-state index contributed by atoms with van der Waals surface area (Å²) in [7, 11) is 0. The van der Waals surface area contributed by atoms with Crippen LogP contribution in [-0.4, -0.2) is 44.3 Å². The summed E-state index contributed by atoms with van der Waals surface area (Å²) < 4.78 is 14.0. The van der Waals surface area contributed by atoms with Gasteiger partial charge in [-0.25, -0.2) is 4.79 Å². The smallest absolute Gasteiger partial charge is 0.410 e. The number of fused-ring (bicyclic) bond motifs is 2. The first-order chi connectivity index (χ1) is 16.3. The lowest BCUT2D eigenvalue weighted by atomic mass is 9.86. The Hall–Kier alpha value is -3.13. The zero-order valence-corrected chi connectivity index (χ0v) is 20.1. The van der Waals surface area contributed by atoms with Crippen LogP contribution in [0.3, 0.4) is 0 Å². The minimum absolute atomic E-state index is 0.0227. The van der Waals surface area contributed by atoms with Crippen LogP contribution in [0.15, 0.2) is 42.6 Å². The second-order valence-electron chi connectivity index (χ2n) is 10.3. The molecule has 8 nitrogen and oxygen atoms in total. The van der Waals surface area contributed by atoms with Crippen molar-refractivity contribution < 1.29 is 14.3 Å². The van der Waals surface area contributed by atoms with Crippen LogP contribution < -0.4 is 10.5 Å². The van der Waals surface area contributed by atoms with Gasteiger partial charge in [-0.15, -0.1) is 10.2 Å². The zero-order valence-electron chi connectivity index (χ0n) is 20.1. The van der Waals surface area contributed by atoms with Crippen LogP contribution in [0.4, 0.5) is 4.79 Å². The number of carbonyl (C=O) groups excluding carboxylic acids is 1. The van der Waals surface area contributed by atoms with Gasteiger partial charge in [0.15, 0.2) is 5.65 Å². The lowest BCUT2D eigenvalue weighted by Crippen LogP contribution is -2.41. The van der Waals surface area contributed by atoms with Gasteiger partial charge < -0.3 is 20.1 Å². The highest BCUT2D eigenvalue weighted by atomic mass is 16.6. The van der Waals surface area contributed by atoms with Crippen LogP contribution in [0.5, 0.6) is 5.75 Å². The number of hydrogen-bond acceptors (Lipinski definition) is 6. The van der Waals surface area contributed by atoms with Crippen LogP contribution in [0.25, 0.3) is 5.65 Å². The highest BCUT2D eigenvalue weighted by molar-refractivity contribution is 5.68. The normalized spacial score (nSPS) is 21.4. The zero-order chi connectivity index (χ0) is 23.9. The number of piperidine rings is 1. The highest BCUT2D eigenvalue weighted by Gasteiger charge is 2.30. The Labute approximate surface area is 200 Å². The third kappa shape index (κ3) is 4.59. The van der Waals surface area contributed by atoms with E-state index in [1.807, 2.05) is 55.6 Å². The first kappa shape index (κ1) is 22.7. The minimum Gasteiger partial charge on any atom is -0.484 e. The molecule has 5 rings (SSSR count). The monoisotopic (exact) mass is 463 g/mol. The van der Waals surface area contributed by atoms with Crippen LogP contribution >= 0.6 is 0 Å². The summed E-state index contributed by atoms with van der Waals surface area (Å²) in [5.41, 5.74) is 8.96. The Morgan fingerprint density at radius 2 is 1.74 bits per heavy atom. The molecule has 0 bridgehead atoms. The van der Waals surface area contributed by atoms with Gasteiger partial charge in [0.25, 0.3) is 0 Å². The van der Waals surface area contributed by atoms with Crippen molar-refractivity contribution in [3.05, 3.63) is 59.5 Å². The fourth-order valence-electron chi connectivity index (χ4n) is 4.95. The third-order valence-corrected chi connectivity index (χ3v) is 6.67. The number of amides is 1. The van der Waals surface area contributed by atoms with Gasteiger partial charge in [-0.05, 0) is 69.7 Å². The van der Waals surface area contributed by atoms with E-state index in [4.69, 9.17) is 15.2 Å². The highest BCUT2D eigenvalue weighted by Crippen LogP contribution is 2.38. The maximum absolute atomic E-state index is 12.4. The number of carbonyl (C=O) groups is 1. The van der Waals surface area contributed by atoms with E-state index < -0.39 is 5.60 Å². The SMILES string of the molecule is CC(C)(C)OC(=O)N1CCC(c2nnc3ccc(O[C@@H]4CC[C@H](N)c5ccccc54)cn23)CC1. The quantitative estimate of drug-likeness (QED) is 0.602. The van der Waals surface area contributed by atoms with Crippen LogP contribution in [0.2, 0.25) is 0 Å². The van der Waals surface area contributed by atoms with E-state index >= 15 is 0 Å². The summed E-state index contributed by atoms with van der Waals surface area (Å²) in [4.78, 5) is 14.2. The molecule has 2 aliphatic rings. The van der Waals surface area contributed by atoms with Crippen LogP contribution in [0, 0.1) is 0 Å². The van der Waals surface area contributed by atoms with Gasteiger partial charge >= 0.3 is 6.09 Å². The summed E-state index contributed by atoms with van der Waals surface area (Å²) in [6, 6.07) is 12.2. The Balaban J connectivity index is 1.31. The Morgan fingerprint density at radius 3 is 2.47 bits per heavy atom. The molecule has 0 saturated carbocycles. The second-order valence-corrected chi connectivity index (χ2v) is 10.3. The van der Waals surface area contributed by atoms with Gasteiger partial charge in [0.2, 0.25) is 0 Å². The summed E-state index contributed by atoms with van der Waals surface area (Å²) in [6.45, 7) is 6.95. The molecule has 2 N–H and O–H groups in total. The molecule has 1 aromatic carbocycles. The lowest BCUT2D eigenvalue weighted by Gasteiger charge is -2.33. The third-order valence-electron chi connectivity index (χ3n) is 6.67. The number of pyridine rings is 1. The summed E-state index contributed by atoms with van der Waals surface area (Å²) in [5.74, 6) is 1.92. The number of benzene rings is 1. The minimum atomic E-state index is -0.489. The molecule has 1 saturated heterocycles. The van der Waals surface area contributed by atoms with E-state index in [2.05, 4.69) is 22.3 Å². The van der Waals surface area contributed by atoms with Crippen LogP contribution in [0.1, 0.15) is 81.5 Å². The van der Waals surface area contributed by atoms with E-state index in [1.54, 1.807) is 4.90 Å². The number of likely N-dealkylation sites (tertiary alicyclic amines) is 1. The lowest BCUT2D eigenvalue weighted by molar-refractivity contribution is 0.0203. The molecule has 3 heterocycles. The van der Waals surface area contributed by atoms with Gasteiger partial charge in [-0.3, -0.25) is 4.40 Å². The van der Waals surface area contributed by atoms with Crippen molar-refractivity contribution in [2.75, 3.05) is 13.1 Å².